The van der Waals surface area contributed by atoms with E-state index in [2.05, 4.69) is 33.8 Å². The van der Waals surface area contributed by atoms with E-state index in [1.165, 1.54) is 29.0 Å². The molecule has 2 N–H and O–H groups in total. The molecule has 4 heteroatoms. The van der Waals surface area contributed by atoms with Gasteiger partial charge in [0.2, 0.25) is 0 Å². The van der Waals surface area contributed by atoms with Crippen LogP contribution in [-0.2, 0) is 5.75 Å². The molecule has 1 atom stereocenters. The van der Waals surface area contributed by atoms with Crippen LogP contribution in [0, 0.1) is 0 Å². The lowest BCUT2D eigenvalue weighted by molar-refractivity contribution is 0.714. The average molecular weight is 273 g/mol. The van der Waals surface area contributed by atoms with Gasteiger partial charge in [-0.3, -0.25) is 0 Å². The van der Waals surface area contributed by atoms with Crippen LogP contribution in [0.15, 0.2) is 41.7 Å². The summed E-state index contributed by atoms with van der Waals surface area (Å²) in [5.74, 6) is 0.980. The van der Waals surface area contributed by atoms with Gasteiger partial charge in [0, 0.05) is 34.6 Å². The third-order valence-electron chi connectivity index (χ3n) is 3.48. The van der Waals surface area contributed by atoms with Gasteiger partial charge in [-0.1, -0.05) is 12.1 Å². The lowest BCUT2D eigenvalue weighted by Gasteiger charge is -2.08. The number of nitrogens with two attached hydrogens (primary N) is 1. The quantitative estimate of drug-likeness (QED) is 0.848. The number of rotatable bonds is 5. The predicted octanol–water partition coefficient (Wildman–Crippen LogP) is 3.53. The fourth-order valence-electron chi connectivity index (χ4n) is 2.15. The fourth-order valence-corrected chi connectivity index (χ4v) is 3.02. The summed E-state index contributed by atoms with van der Waals surface area (Å²) in [6, 6.07) is 9.35. The van der Waals surface area contributed by atoms with Crippen LogP contribution in [0.25, 0.3) is 0 Å². The third kappa shape index (κ3) is 3.01. The minimum Gasteiger partial charge on any atom is -0.331 e. The SMILES string of the molecule is CC(N)c1ccc(SCc2cncn2C2CC2)cc1. The van der Waals surface area contributed by atoms with Crippen molar-refractivity contribution in [2.24, 2.45) is 5.73 Å². The normalized spacial score (nSPS) is 16.5. The van der Waals surface area contributed by atoms with Gasteiger partial charge in [0.15, 0.2) is 0 Å². The molecule has 3 nitrogen and oxygen atoms in total. The second-order valence-electron chi connectivity index (χ2n) is 5.17. The molecule has 0 saturated heterocycles. The highest BCUT2D eigenvalue weighted by Gasteiger charge is 2.24. The monoisotopic (exact) mass is 273 g/mol. The molecule has 3 rings (SSSR count). The molecule has 0 spiro atoms. The Kier molecular flexibility index (Phi) is 3.62. The van der Waals surface area contributed by atoms with Gasteiger partial charge < -0.3 is 10.3 Å². The molecule has 1 heterocycles. The average Bonchev–Trinajstić information content (AvgIpc) is 3.16. The zero-order chi connectivity index (χ0) is 13.2. The Labute approximate surface area is 118 Å². The molecule has 0 amide bonds. The van der Waals surface area contributed by atoms with Crippen molar-refractivity contribution in [2.75, 3.05) is 0 Å². The van der Waals surface area contributed by atoms with Gasteiger partial charge in [0.1, 0.15) is 0 Å². The molecular weight excluding hydrogens is 254 g/mol. The van der Waals surface area contributed by atoms with Crippen molar-refractivity contribution in [3.63, 3.8) is 0 Å². The standard InChI is InChI=1S/C15H19N3S/c1-11(16)12-2-6-15(7-3-12)19-9-14-8-17-10-18(14)13-4-5-13/h2-3,6-8,10-11,13H,4-5,9,16H2,1H3. The van der Waals surface area contributed by atoms with Crippen LogP contribution in [0.5, 0.6) is 0 Å². The van der Waals surface area contributed by atoms with Crippen molar-refractivity contribution in [1.29, 1.82) is 0 Å². The highest BCUT2D eigenvalue weighted by molar-refractivity contribution is 7.98. The summed E-state index contributed by atoms with van der Waals surface area (Å²) in [4.78, 5) is 5.55. The second-order valence-corrected chi connectivity index (χ2v) is 6.22. The molecule has 19 heavy (non-hydrogen) atoms. The lowest BCUT2D eigenvalue weighted by Crippen LogP contribution is -2.04. The highest BCUT2D eigenvalue weighted by atomic mass is 32.2. The molecule has 1 aliphatic carbocycles. The van der Waals surface area contributed by atoms with Gasteiger partial charge in [0.25, 0.3) is 0 Å². The number of hydrogen-bond acceptors (Lipinski definition) is 3. The van der Waals surface area contributed by atoms with E-state index >= 15 is 0 Å². The minimum absolute atomic E-state index is 0.107. The number of imidazole rings is 1. The summed E-state index contributed by atoms with van der Waals surface area (Å²) in [5.41, 5.74) is 8.37. The minimum atomic E-state index is 0.107. The van der Waals surface area contributed by atoms with E-state index in [4.69, 9.17) is 5.73 Å². The van der Waals surface area contributed by atoms with E-state index in [9.17, 15) is 0 Å². The number of thioether (sulfide) groups is 1. The van der Waals surface area contributed by atoms with E-state index in [0.717, 1.165) is 5.75 Å². The molecule has 1 saturated carbocycles. The van der Waals surface area contributed by atoms with E-state index in [1.807, 2.05) is 31.2 Å². The summed E-state index contributed by atoms with van der Waals surface area (Å²) in [5, 5.41) is 0. The molecule has 1 fully saturated rings. The van der Waals surface area contributed by atoms with Crippen LogP contribution in [0.1, 0.15) is 43.1 Å². The van der Waals surface area contributed by atoms with Crippen molar-refractivity contribution >= 4 is 11.8 Å². The molecule has 1 unspecified atom stereocenters. The first-order chi connectivity index (χ1) is 9.24. The summed E-state index contributed by atoms with van der Waals surface area (Å²) in [7, 11) is 0. The maximum Gasteiger partial charge on any atom is 0.0951 e. The summed E-state index contributed by atoms with van der Waals surface area (Å²) in [6.07, 6.45) is 6.56. The fraction of sp³-hybridized carbons (Fsp3) is 0.400. The summed E-state index contributed by atoms with van der Waals surface area (Å²) in [6.45, 7) is 2.01. The lowest BCUT2D eigenvalue weighted by atomic mass is 10.1. The van der Waals surface area contributed by atoms with Gasteiger partial charge in [-0.15, -0.1) is 11.8 Å². The molecule has 0 radical (unpaired) electrons. The molecule has 1 aromatic heterocycles. The Morgan fingerprint density at radius 3 is 2.74 bits per heavy atom. The first kappa shape index (κ1) is 12.8. The summed E-state index contributed by atoms with van der Waals surface area (Å²) < 4.78 is 2.32. The number of benzene rings is 1. The van der Waals surface area contributed by atoms with Gasteiger partial charge in [-0.25, -0.2) is 4.98 Å². The largest absolute Gasteiger partial charge is 0.331 e. The Bertz CT molecular complexity index is 541. The number of hydrogen-bond donors (Lipinski definition) is 1. The Morgan fingerprint density at radius 1 is 1.37 bits per heavy atom. The van der Waals surface area contributed by atoms with Crippen molar-refractivity contribution in [3.8, 4) is 0 Å². The van der Waals surface area contributed by atoms with Crippen LogP contribution < -0.4 is 5.73 Å². The Balaban J connectivity index is 1.63. The molecule has 100 valence electrons. The maximum absolute atomic E-state index is 5.86. The molecular formula is C15H19N3S. The zero-order valence-corrected chi connectivity index (χ0v) is 11.9. The number of nitrogens with zero attached hydrogens (tertiary/aromatic N) is 2. The Morgan fingerprint density at radius 2 is 2.11 bits per heavy atom. The van der Waals surface area contributed by atoms with Crippen LogP contribution in [0.4, 0.5) is 0 Å². The van der Waals surface area contributed by atoms with Crippen LogP contribution >= 0.6 is 11.8 Å². The molecule has 0 aliphatic heterocycles. The van der Waals surface area contributed by atoms with Crippen molar-refractivity contribution in [1.82, 2.24) is 9.55 Å². The second kappa shape index (κ2) is 5.39. The molecule has 0 bridgehead atoms. The molecule has 2 aromatic rings. The van der Waals surface area contributed by atoms with Gasteiger partial charge in [-0.05, 0) is 37.5 Å². The first-order valence-corrected chi connectivity index (χ1v) is 7.71. The predicted molar refractivity (Wildman–Crippen MR) is 79.1 cm³/mol. The van der Waals surface area contributed by atoms with E-state index in [-0.39, 0.29) is 6.04 Å². The molecule has 1 aromatic carbocycles. The zero-order valence-electron chi connectivity index (χ0n) is 11.1. The number of aromatic nitrogens is 2. The third-order valence-corrected chi connectivity index (χ3v) is 4.52. The van der Waals surface area contributed by atoms with Crippen molar-refractivity contribution in [3.05, 3.63) is 48.0 Å². The highest BCUT2D eigenvalue weighted by Crippen LogP contribution is 2.36. The van der Waals surface area contributed by atoms with E-state index in [0.29, 0.717) is 6.04 Å². The van der Waals surface area contributed by atoms with Crippen LogP contribution in [-0.4, -0.2) is 9.55 Å². The Hall–Kier alpha value is -1.26. The smallest absolute Gasteiger partial charge is 0.0951 e. The van der Waals surface area contributed by atoms with E-state index in [1.54, 1.807) is 0 Å². The molecule has 1 aliphatic rings. The summed E-state index contributed by atoms with van der Waals surface area (Å²) >= 11 is 1.86. The van der Waals surface area contributed by atoms with Crippen molar-refractivity contribution in [2.45, 2.75) is 42.5 Å². The van der Waals surface area contributed by atoms with Gasteiger partial charge in [0.05, 0.1) is 6.33 Å². The maximum atomic E-state index is 5.86. The topological polar surface area (TPSA) is 43.8 Å². The van der Waals surface area contributed by atoms with Gasteiger partial charge in [-0.2, -0.15) is 0 Å². The van der Waals surface area contributed by atoms with E-state index < -0.39 is 0 Å². The van der Waals surface area contributed by atoms with Gasteiger partial charge >= 0.3 is 0 Å². The van der Waals surface area contributed by atoms with Crippen molar-refractivity contribution < 1.29 is 0 Å². The van der Waals surface area contributed by atoms with Crippen LogP contribution in [0.3, 0.4) is 0 Å². The van der Waals surface area contributed by atoms with Crippen LogP contribution in [0.2, 0.25) is 0 Å². The first-order valence-electron chi connectivity index (χ1n) is 6.73.